The molecule has 0 saturated heterocycles. The van der Waals surface area contributed by atoms with E-state index in [9.17, 15) is 18.4 Å². The number of carbonyl (C=O) groups excluding carboxylic acids is 2. The molecule has 0 radical (unpaired) electrons. The molecule has 166 valence electrons. The van der Waals surface area contributed by atoms with Gasteiger partial charge in [0.05, 0.1) is 12.7 Å². The second-order valence-corrected chi connectivity index (χ2v) is 7.86. The summed E-state index contributed by atoms with van der Waals surface area (Å²) in [4.78, 5) is 26.0. The highest BCUT2D eigenvalue weighted by Crippen LogP contribution is 2.42. The normalized spacial score (nSPS) is 18.2. The van der Waals surface area contributed by atoms with Crippen molar-refractivity contribution in [2.45, 2.75) is 38.7 Å². The number of nitrogens with one attached hydrogen (secondary N) is 1. The van der Waals surface area contributed by atoms with E-state index in [2.05, 4.69) is 5.32 Å². The Hall–Kier alpha value is -3.48. The second kappa shape index (κ2) is 8.94. The first-order valence-corrected chi connectivity index (χ1v) is 10.4. The number of rotatable bonds is 5. The minimum Gasteiger partial charge on any atom is -0.497 e. The maximum atomic E-state index is 14.1. The topological polar surface area (TPSA) is 64.6 Å². The number of allylic oxidation sites excluding steroid dienone is 3. The summed E-state index contributed by atoms with van der Waals surface area (Å²) in [5, 5.41) is 3.17. The number of ether oxygens (including phenoxy) is 2. The zero-order valence-electron chi connectivity index (χ0n) is 17.8. The lowest BCUT2D eigenvalue weighted by atomic mass is 9.75. The van der Waals surface area contributed by atoms with Crippen LogP contribution < -0.4 is 10.1 Å². The van der Waals surface area contributed by atoms with Gasteiger partial charge in [0.1, 0.15) is 12.4 Å². The van der Waals surface area contributed by atoms with Gasteiger partial charge in [-0.3, -0.25) is 4.79 Å². The van der Waals surface area contributed by atoms with Crippen molar-refractivity contribution in [3.05, 3.63) is 87.8 Å². The van der Waals surface area contributed by atoms with Crippen molar-refractivity contribution in [1.29, 1.82) is 0 Å². The fourth-order valence-corrected chi connectivity index (χ4v) is 4.23. The number of dihydropyridines is 1. The third kappa shape index (κ3) is 4.15. The van der Waals surface area contributed by atoms with Crippen molar-refractivity contribution >= 4 is 11.8 Å². The van der Waals surface area contributed by atoms with Crippen LogP contribution in [-0.4, -0.2) is 18.9 Å². The molecule has 0 aromatic heterocycles. The first kappa shape index (κ1) is 21.7. The van der Waals surface area contributed by atoms with E-state index < -0.39 is 23.5 Å². The van der Waals surface area contributed by atoms with Crippen LogP contribution in [0.2, 0.25) is 0 Å². The third-order valence-corrected chi connectivity index (χ3v) is 5.80. The minimum atomic E-state index is -1.03. The predicted molar refractivity (Wildman–Crippen MR) is 114 cm³/mol. The molecule has 5 nitrogen and oxygen atoms in total. The lowest BCUT2D eigenvalue weighted by molar-refractivity contribution is -0.140. The number of ketones is 1. The molecule has 4 rings (SSSR count). The van der Waals surface area contributed by atoms with Gasteiger partial charge in [0, 0.05) is 29.3 Å². The van der Waals surface area contributed by atoms with E-state index in [1.807, 2.05) is 0 Å². The van der Waals surface area contributed by atoms with Crippen LogP contribution in [0.3, 0.4) is 0 Å². The van der Waals surface area contributed by atoms with E-state index in [4.69, 9.17) is 9.47 Å². The molecule has 1 aliphatic carbocycles. The van der Waals surface area contributed by atoms with Crippen LogP contribution in [0, 0.1) is 11.6 Å². The van der Waals surface area contributed by atoms with Gasteiger partial charge in [-0.2, -0.15) is 0 Å². The van der Waals surface area contributed by atoms with Crippen LogP contribution >= 0.6 is 0 Å². The minimum absolute atomic E-state index is 0.0178. The number of hydrogen-bond acceptors (Lipinski definition) is 5. The number of Topliss-reactive ketones (excluding diaryl/α,β-unsaturated/α-hetero) is 1. The molecule has 1 atom stereocenters. The van der Waals surface area contributed by atoms with Crippen LogP contribution in [0.5, 0.6) is 5.75 Å². The standard InChI is InChI=1S/C25H23F2NO4/c1-14-22(25(30)32-13-15-6-9-17(31-2)10-7-15)23(16-8-11-18(26)19(27)12-16)24-20(28-14)4-3-5-21(24)29/h6-12,23,28H,3-5,13H2,1-2H3. The zero-order chi connectivity index (χ0) is 22.8. The van der Waals surface area contributed by atoms with E-state index in [0.29, 0.717) is 41.8 Å². The van der Waals surface area contributed by atoms with Gasteiger partial charge in [-0.1, -0.05) is 18.2 Å². The first-order valence-electron chi connectivity index (χ1n) is 10.4. The van der Waals surface area contributed by atoms with Crippen molar-refractivity contribution in [3.8, 4) is 5.75 Å². The molecule has 0 bridgehead atoms. The smallest absolute Gasteiger partial charge is 0.337 e. The van der Waals surface area contributed by atoms with Crippen molar-refractivity contribution < 1.29 is 27.8 Å². The van der Waals surface area contributed by atoms with Crippen molar-refractivity contribution in [2.75, 3.05) is 7.11 Å². The molecule has 1 heterocycles. The third-order valence-electron chi connectivity index (χ3n) is 5.80. The Morgan fingerprint density at radius 1 is 1.09 bits per heavy atom. The van der Waals surface area contributed by atoms with Crippen LogP contribution in [0.15, 0.2) is 65.0 Å². The Balaban J connectivity index is 1.68. The number of hydrogen-bond donors (Lipinski definition) is 1. The second-order valence-electron chi connectivity index (χ2n) is 7.86. The Morgan fingerprint density at radius 2 is 1.84 bits per heavy atom. The summed E-state index contributed by atoms with van der Waals surface area (Å²) in [6, 6.07) is 10.5. The maximum absolute atomic E-state index is 14.1. The predicted octanol–water partition coefficient (Wildman–Crippen LogP) is 4.68. The highest BCUT2D eigenvalue weighted by Gasteiger charge is 2.39. The fourth-order valence-electron chi connectivity index (χ4n) is 4.23. The summed E-state index contributed by atoms with van der Waals surface area (Å²) in [5.74, 6) is -2.89. The molecule has 0 spiro atoms. The van der Waals surface area contributed by atoms with Gasteiger partial charge in [0.15, 0.2) is 17.4 Å². The summed E-state index contributed by atoms with van der Waals surface area (Å²) in [7, 11) is 1.56. The molecule has 1 N–H and O–H groups in total. The summed E-state index contributed by atoms with van der Waals surface area (Å²) in [6.07, 6.45) is 1.68. The molecule has 0 amide bonds. The van der Waals surface area contributed by atoms with E-state index in [0.717, 1.165) is 23.4 Å². The van der Waals surface area contributed by atoms with Crippen molar-refractivity contribution in [1.82, 2.24) is 5.32 Å². The van der Waals surface area contributed by atoms with E-state index >= 15 is 0 Å². The number of carbonyl (C=O) groups is 2. The summed E-state index contributed by atoms with van der Waals surface area (Å²) < 4.78 is 38.4. The number of halogens is 2. The van der Waals surface area contributed by atoms with Gasteiger partial charge < -0.3 is 14.8 Å². The highest BCUT2D eigenvalue weighted by atomic mass is 19.2. The molecule has 2 aliphatic rings. The van der Waals surface area contributed by atoms with Gasteiger partial charge in [-0.05, 0) is 55.2 Å². The van der Waals surface area contributed by atoms with Crippen molar-refractivity contribution in [3.63, 3.8) is 0 Å². The molecule has 2 aromatic carbocycles. The fraction of sp³-hybridized carbons (Fsp3) is 0.280. The van der Waals surface area contributed by atoms with Gasteiger partial charge in [0.2, 0.25) is 0 Å². The molecular weight excluding hydrogens is 416 g/mol. The maximum Gasteiger partial charge on any atom is 0.337 e. The Bertz CT molecular complexity index is 1140. The molecule has 7 heteroatoms. The van der Waals surface area contributed by atoms with E-state index in [-0.39, 0.29) is 18.0 Å². The first-order chi connectivity index (χ1) is 15.4. The lowest BCUT2D eigenvalue weighted by Gasteiger charge is -2.34. The number of benzene rings is 2. The molecule has 1 unspecified atom stereocenters. The molecule has 2 aromatic rings. The molecular formula is C25H23F2NO4. The number of esters is 1. The summed E-state index contributed by atoms with van der Waals surface area (Å²) in [5.41, 5.74) is 3.00. The van der Waals surface area contributed by atoms with E-state index in [1.54, 1.807) is 38.3 Å². The van der Waals surface area contributed by atoms with Gasteiger partial charge >= 0.3 is 5.97 Å². The highest BCUT2D eigenvalue weighted by molar-refractivity contribution is 6.03. The Morgan fingerprint density at radius 3 is 2.53 bits per heavy atom. The van der Waals surface area contributed by atoms with Gasteiger partial charge in [0.25, 0.3) is 0 Å². The molecule has 1 aliphatic heterocycles. The Kier molecular flexibility index (Phi) is 6.08. The van der Waals surface area contributed by atoms with Crippen LogP contribution in [0.25, 0.3) is 0 Å². The van der Waals surface area contributed by atoms with Crippen molar-refractivity contribution in [2.24, 2.45) is 0 Å². The average molecular weight is 439 g/mol. The van der Waals surface area contributed by atoms with E-state index in [1.165, 1.54) is 6.07 Å². The average Bonchev–Trinajstić information content (AvgIpc) is 2.79. The molecule has 32 heavy (non-hydrogen) atoms. The Labute approximate surface area is 184 Å². The zero-order valence-corrected chi connectivity index (χ0v) is 17.8. The number of methoxy groups -OCH3 is 1. The largest absolute Gasteiger partial charge is 0.497 e. The lowest BCUT2D eigenvalue weighted by Crippen LogP contribution is -2.34. The summed E-state index contributed by atoms with van der Waals surface area (Å²) in [6.45, 7) is 1.74. The van der Waals surface area contributed by atoms with Gasteiger partial charge in [-0.15, -0.1) is 0 Å². The molecule has 0 fully saturated rings. The SMILES string of the molecule is COc1ccc(COC(=O)C2=C(C)NC3=C(C(=O)CCC3)C2c2ccc(F)c(F)c2)cc1. The van der Waals surface area contributed by atoms with Crippen LogP contribution in [-0.2, 0) is 20.9 Å². The quantitative estimate of drug-likeness (QED) is 0.685. The van der Waals surface area contributed by atoms with Crippen LogP contribution in [0.4, 0.5) is 8.78 Å². The summed E-state index contributed by atoms with van der Waals surface area (Å²) >= 11 is 0. The molecule has 0 saturated carbocycles. The monoisotopic (exact) mass is 439 g/mol. The van der Waals surface area contributed by atoms with Gasteiger partial charge in [-0.25, -0.2) is 13.6 Å². The van der Waals surface area contributed by atoms with Crippen LogP contribution in [0.1, 0.15) is 43.2 Å².